The zero-order valence-electron chi connectivity index (χ0n) is 13.4. The SMILES string of the molecule is CCNCc1ccccc1N1CCN(C2CCCC2)CC1. The molecule has 2 fully saturated rings. The van der Waals surface area contributed by atoms with E-state index < -0.39 is 0 Å². The van der Waals surface area contributed by atoms with Crippen LogP contribution in [0.25, 0.3) is 0 Å². The highest BCUT2D eigenvalue weighted by atomic mass is 15.3. The van der Waals surface area contributed by atoms with Gasteiger partial charge in [-0.15, -0.1) is 0 Å². The van der Waals surface area contributed by atoms with Crippen molar-refractivity contribution < 1.29 is 0 Å². The summed E-state index contributed by atoms with van der Waals surface area (Å²) in [5.41, 5.74) is 2.87. The number of nitrogens with one attached hydrogen (secondary N) is 1. The molecule has 1 aromatic carbocycles. The summed E-state index contributed by atoms with van der Waals surface area (Å²) in [6, 6.07) is 9.77. The molecule has 21 heavy (non-hydrogen) atoms. The monoisotopic (exact) mass is 287 g/mol. The van der Waals surface area contributed by atoms with Crippen LogP contribution in [0, 0.1) is 0 Å². The molecule has 0 amide bonds. The summed E-state index contributed by atoms with van der Waals surface area (Å²) >= 11 is 0. The van der Waals surface area contributed by atoms with Crippen molar-refractivity contribution in [3.63, 3.8) is 0 Å². The molecular weight excluding hydrogens is 258 g/mol. The van der Waals surface area contributed by atoms with Crippen LogP contribution in [0.1, 0.15) is 38.2 Å². The Balaban J connectivity index is 1.61. The molecule has 1 aliphatic heterocycles. The number of rotatable bonds is 5. The second kappa shape index (κ2) is 7.28. The molecule has 1 saturated carbocycles. The average molecular weight is 287 g/mol. The lowest BCUT2D eigenvalue weighted by molar-refractivity contribution is 0.187. The average Bonchev–Trinajstić information content (AvgIpc) is 3.08. The Bertz CT molecular complexity index is 432. The van der Waals surface area contributed by atoms with Gasteiger partial charge in [0.2, 0.25) is 0 Å². The van der Waals surface area contributed by atoms with Crippen molar-refractivity contribution in [2.75, 3.05) is 37.6 Å². The van der Waals surface area contributed by atoms with Crippen molar-refractivity contribution in [2.45, 2.75) is 45.2 Å². The largest absolute Gasteiger partial charge is 0.369 e. The van der Waals surface area contributed by atoms with Gasteiger partial charge in [0.05, 0.1) is 0 Å². The Kier molecular flexibility index (Phi) is 5.15. The predicted molar refractivity (Wildman–Crippen MR) is 89.9 cm³/mol. The van der Waals surface area contributed by atoms with Crippen LogP contribution in [-0.2, 0) is 6.54 Å². The third-order valence-electron chi connectivity index (χ3n) is 5.05. The van der Waals surface area contributed by atoms with Crippen molar-refractivity contribution in [3.8, 4) is 0 Å². The lowest BCUT2D eigenvalue weighted by atomic mass is 10.1. The molecular formula is C18H29N3. The van der Waals surface area contributed by atoms with Crippen LogP contribution >= 0.6 is 0 Å². The van der Waals surface area contributed by atoms with Crippen LogP contribution in [0.3, 0.4) is 0 Å². The number of hydrogen-bond donors (Lipinski definition) is 1. The zero-order valence-corrected chi connectivity index (χ0v) is 13.4. The molecule has 3 rings (SSSR count). The van der Waals surface area contributed by atoms with Gasteiger partial charge in [0.15, 0.2) is 0 Å². The maximum Gasteiger partial charge on any atom is 0.0412 e. The highest BCUT2D eigenvalue weighted by molar-refractivity contribution is 5.54. The van der Waals surface area contributed by atoms with Crippen LogP contribution < -0.4 is 10.2 Å². The summed E-state index contributed by atoms with van der Waals surface area (Å²) < 4.78 is 0. The molecule has 0 spiro atoms. The van der Waals surface area contributed by atoms with E-state index in [1.807, 2.05) is 0 Å². The van der Waals surface area contributed by atoms with E-state index in [1.165, 1.54) is 63.1 Å². The smallest absolute Gasteiger partial charge is 0.0412 e. The van der Waals surface area contributed by atoms with Gasteiger partial charge in [-0.3, -0.25) is 4.90 Å². The molecule has 1 saturated heterocycles. The maximum absolute atomic E-state index is 3.46. The molecule has 0 atom stereocenters. The van der Waals surface area contributed by atoms with Crippen molar-refractivity contribution in [2.24, 2.45) is 0 Å². The zero-order chi connectivity index (χ0) is 14.5. The summed E-state index contributed by atoms with van der Waals surface area (Å²) in [7, 11) is 0. The molecule has 1 aromatic rings. The minimum atomic E-state index is 0.879. The Labute approximate surface area is 129 Å². The molecule has 1 heterocycles. The number of benzene rings is 1. The number of hydrogen-bond acceptors (Lipinski definition) is 3. The van der Waals surface area contributed by atoms with Gasteiger partial charge in [-0.1, -0.05) is 38.0 Å². The van der Waals surface area contributed by atoms with Crippen LogP contribution in [0.4, 0.5) is 5.69 Å². The highest BCUT2D eigenvalue weighted by Gasteiger charge is 2.26. The number of anilines is 1. The van der Waals surface area contributed by atoms with Crippen LogP contribution in [0.15, 0.2) is 24.3 Å². The second-order valence-electron chi connectivity index (χ2n) is 6.37. The third-order valence-corrected chi connectivity index (χ3v) is 5.05. The van der Waals surface area contributed by atoms with E-state index in [2.05, 4.69) is 46.3 Å². The van der Waals surface area contributed by atoms with E-state index in [4.69, 9.17) is 0 Å². The van der Waals surface area contributed by atoms with Gasteiger partial charge in [0.25, 0.3) is 0 Å². The first-order chi connectivity index (χ1) is 10.4. The van der Waals surface area contributed by atoms with Gasteiger partial charge in [-0.25, -0.2) is 0 Å². The molecule has 3 nitrogen and oxygen atoms in total. The first-order valence-corrected chi connectivity index (χ1v) is 8.66. The normalized spacial score (nSPS) is 21.1. The summed E-state index contributed by atoms with van der Waals surface area (Å²) in [4.78, 5) is 5.31. The summed E-state index contributed by atoms with van der Waals surface area (Å²) in [5.74, 6) is 0. The number of para-hydroxylation sites is 1. The van der Waals surface area contributed by atoms with Crippen molar-refractivity contribution in [1.82, 2.24) is 10.2 Å². The van der Waals surface area contributed by atoms with E-state index in [9.17, 15) is 0 Å². The molecule has 1 aliphatic carbocycles. The second-order valence-corrected chi connectivity index (χ2v) is 6.37. The van der Waals surface area contributed by atoms with Crippen LogP contribution in [0.2, 0.25) is 0 Å². The van der Waals surface area contributed by atoms with E-state index in [0.29, 0.717) is 0 Å². The summed E-state index contributed by atoms with van der Waals surface area (Å²) in [6.07, 6.45) is 5.74. The fraction of sp³-hybridized carbons (Fsp3) is 0.667. The van der Waals surface area contributed by atoms with Gasteiger partial charge in [-0.05, 0) is 31.0 Å². The Hall–Kier alpha value is -1.06. The predicted octanol–water partition coefficient (Wildman–Crippen LogP) is 2.86. The van der Waals surface area contributed by atoms with Gasteiger partial charge in [0, 0.05) is 44.5 Å². The molecule has 0 aromatic heterocycles. The van der Waals surface area contributed by atoms with E-state index in [-0.39, 0.29) is 0 Å². The van der Waals surface area contributed by atoms with E-state index in [1.54, 1.807) is 0 Å². The fourth-order valence-electron chi connectivity index (χ4n) is 3.83. The maximum atomic E-state index is 3.46. The van der Waals surface area contributed by atoms with Gasteiger partial charge in [-0.2, -0.15) is 0 Å². The molecule has 2 aliphatic rings. The lowest BCUT2D eigenvalue weighted by Crippen LogP contribution is -2.50. The van der Waals surface area contributed by atoms with Crippen molar-refractivity contribution >= 4 is 5.69 Å². The van der Waals surface area contributed by atoms with Crippen LogP contribution in [-0.4, -0.2) is 43.7 Å². The molecule has 116 valence electrons. The quantitative estimate of drug-likeness (QED) is 0.898. The van der Waals surface area contributed by atoms with Gasteiger partial charge in [0.1, 0.15) is 0 Å². The highest BCUT2D eigenvalue weighted by Crippen LogP contribution is 2.27. The molecule has 3 heteroatoms. The van der Waals surface area contributed by atoms with E-state index in [0.717, 1.165) is 19.1 Å². The summed E-state index contributed by atoms with van der Waals surface area (Å²) in [5, 5.41) is 3.46. The van der Waals surface area contributed by atoms with Crippen LogP contribution in [0.5, 0.6) is 0 Å². The molecule has 0 radical (unpaired) electrons. The van der Waals surface area contributed by atoms with Crippen molar-refractivity contribution in [3.05, 3.63) is 29.8 Å². The first-order valence-electron chi connectivity index (χ1n) is 8.66. The summed E-state index contributed by atoms with van der Waals surface area (Å²) in [6.45, 7) is 9.02. The Morgan fingerprint density at radius 2 is 1.76 bits per heavy atom. The first kappa shape index (κ1) is 14.9. The molecule has 0 unspecified atom stereocenters. The third kappa shape index (κ3) is 3.58. The Morgan fingerprint density at radius 3 is 2.48 bits per heavy atom. The molecule has 0 bridgehead atoms. The Morgan fingerprint density at radius 1 is 1.05 bits per heavy atom. The van der Waals surface area contributed by atoms with E-state index >= 15 is 0 Å². The molecule has 1 N–H and O–H groups in total. The minimum Gasteiger partial charge on any atom is -0.369 e. The number of piperazine rings is 1. The lowest BCUT2D eigenvalue weighted by Gasteiger charge is -2.39. The minimum absolute atomic E-state index is 0.879. The van der Waals surface area contributed by atoms with Gasteiger partial charge < -0.3 is 10.2 Å². The fourth-order valence-corrected chi connectivity index (χ4v) is 3.83. The standard InChI is InChI=1S/C18H29N3/c1-2-19-15-16-7-3-6-10-18(16)21-13-11-20(12-14-21)17-8-4-5-9-17/h3,6-7,10,17,19H,2,4-5,8-9,11-15H2,1H3. The number of nitrogens with zero attached hydrogens (tertiary/aromatic N) is 2. The van der Waals surface area contributed by atoms with Gasteiger partial charge >= 0.3 is 0 Å². The van der Waals surface area contributed by atoms with Crippen molar-refractivity contribution in [1.29, 1.82) is 0 Å². The topological polar surface area (TPSA) is 18.5 Å².